The Kier molecular flexibility index (Phi) is 5.33. The number of nitrogens with zero attached hydrogens (tertiary/aromatic N) is 1. The Hall–Kier alpha value is -0.890. The number of fused-ring (bicyclic) bond motifs is 1. The van der Waals surface area contributed by atoms with Gasteiger partial charge in [0.05, 0.1) is 17.0 Å². The van der Waals surface area contributed by atoms with E-state index >= 15 is 0 Å². The number of hydrogen-bond acceptors (Lipinski definition) is 5. The summed E-state index contributed by atoms with van der Waals surface area (Å²) in [5.41, 5.74) is 0.823. The average molecular weight is 378 g/mol. The van der Waals surface area contributed by atoms with E-state index in [1.807, 2.05) is 6.07 Å². The van der Waals surface area contributed by atoms with Gasteiger partial charge in [0.15, 0.2) is 0 Å². The van der Waals surface area contributed by atoms with Gasteiger partial charge >= 0.3 is 5.97 Å². The first-order chi connectivity index (χ1) is 8.19. The van der Waals surface area contributed by atoms with Gasteiger partial charge in [0, 0.05) is 18.6 Å². The molecular formula is C12H15IN2O2S. The van der Waals surface area contributed by atoms with Crippen LogP contribution in [-0.2, 0) is 4.74 Å². The zero-order valence-corrected chi connectivity index (χ0v) is 12.4. The first kappa shape index (κ1) is 15.2. The van der Waals surface area contributed by atoms with E-state index in [4.69, 9.17) is 4.74 Å². The van der Waals surface area contributed by atoms with Crippen LogP contribution in [0.2, 0.25) is 0 Å². The van der Waals surface area contributed by atoms with Crippen molar-refractivity contribution in [1.82, 2.24) is 4.98 Å². The third-order valence-corrected chi connectivity index (χ3v) is 4.65. The molecule has 2 rings (SSSR count). The number of nitrogens with one attached hydrogen (secondary N) is 1. The molecular weight excluding hydrogens is 363 g/mol. The lowest BCUT2D eigenvalue weighted by atomic mass is 10.2. The highest BCUT2D eigenvalue weighted by Crippen LogP contribution is 2.37. The van der Waals surface area contributed by atoms with Gasteiger partial charge in [0.25, 0.3) is 0 Å². The lowest BCUT2D eigenvalue weighted by Crippen LogP contribution is -2.04. The molecule has 1 N–H and O–H groups in total. The predicted octanol–water partition coefficient (Wildman–Crippen LogP) is 3.76. The van der Waals surface area contributed by atoms with Gasteiger partial charge in [-0.05, 0) is 35.6 Å². The van der Waals surface area contributed by atoms with Crippen LogP contribution >= 0.6 is 33.9 Å². The maximum absolute atomic E-state index is 11.8. The fraction of sp³-hybridized carbons (Fsp3) is 0.333. The summed E-state index contributed by atoms with van der Waals surface area (Å²) in [6.07, 6.45) is 1.74. The molecule has 0 aliphatic rings. The molecule has 0 fully saturated rings. The Morgan fingerprint density at radius 3 is 2.94 bits per heavy atom. The number of pyridine rings is 1. The first-order valence-electron chi connectivity index (χ1n) is 5.11. The quantitative estimate of drug-likeness (QED) is 0.502. The van der Waals surface area contributed by atoms with E-state index in [0.717, 1.165) is 19.5 Å². The van der Waals surface area contributed by atoms with Gasteiger partial charge in [-0.25, -0.2) is 9.78 Å². The second kappa shape index (κ2) is 6.33. The van der Waals surface area contributed by atoms with Crippen LogP contribution in [0.3, 0.4) is 0 Å². The molecule has 0 aromatic carbocycles. The highest BCUT2D eigenvalue weighted by Gasteiger charge is 2.19. The Labute approximate surface area is 124 Å². The van der Waals surface area contributed by atoms with Gasteiger partial charge in [-0.15, -0.1) is 11.3 Å². The predicted molar refractivity (Wildman–Crippen MR) is 84.6 cm³/mol. The van der Waals surface area contributed by atoms with E-state index in [1.54, 1.807) is 20.2 Å². The molecule has 2 aromatic rings. The summed E-state index contributed by atoms with van der Waals surface area (Å²) in [5, 5.41) is 4.08. The van der Waals surface area contributed by atoms with E-state index in [1.165, 1.54) is 11.3 Å². The minimum Gasteiger partial charge on any atom is -0.462 e. The second-order valence-corrected chi connectivity index (χ2v) is 5.30. The van der Waals surface area contributed by atoms with Crippen molar-refractivity contribution in [2.24, 2.45) is 0 Å². The molecule has 0 amide bonds. The van der Waals surface area contributed by atoms with Crippen LogP contribution in [0.15, 0.2) is 12.3 Å². The molecule has 18 heavy (non-hydrogen) atoms. The molecule has 98 valence electrons. The Balaban J connectivity index is 0.00000162. The molecule has 0 radical (unpaired) electrons. The van der Waals surface area contributed by atoms with E-state index in [-0.39, 0.29) is 13.4 Å². The number of carbonyl (C=O) groups is 1. The van der Waals surface area contributed by atoms with Gasteiger partial charge in [-0.3, -0.25) is 0 Å². The maximum atomic E-state index is 11.8. The van der Waals surface area contributed by atoms with Crippen LogP contribution in [0.25, 0.3) is 10.1 Å². The summed E-state index contributed by atoms with van der Waals surface area (Å²) in [6, 6.07) is 1.91. The summed E-state index contributed by atoms with van der Waals surface area (Å²) in [4.78, 5) is 16.7. The summed E-state index contributed by atoms with van der Waals surface area (Å²) in [7, 11) is 1.80. The van der Waals surface area contributed by atoms with Gasteiger partial charge in [0.1, 0.15) is 8.58 Å². The third-order valence-electron chi connectivity index (χ3n) is 2.27. The maximum Gasteiger partial charge on any atom is 0.350 e. The first-order valence-corrected chi connectivity index (χ1v) is 7.00. The SMILES string of the molecule is C.CCOC(=O)c1sc2c(I)nccc2c1NC. The van der Waals surface area contributed by atoms with E-state index in [0.29, 0.717) is 11.5 Å². The molecule has 2 heterocycles. The van der Waals surface area contributed by atoms with Gasteiger partial charge < -0.3 is 10.1 Å². The van der Waals surface area contributed by atoms with Crippen LogP contribution in [0.5, 0.6) is 0 Å². The van der Waals surface area contributed by atoms with E-state index < -0.39 is 0 Å². The van der Waals surface area contributed by atoms with Crippen LogP contribution in [0, 0.1) is 3.70 Å². The molecule has 2 aromatic heterocycles. The van der Waals surface area contributed by atoms with E-state index in [2.05, 4.69) is 32.9 Å². The largest absolute Gasteiger partial charge is 0.462 e. The van der Waals surface area contributed by atoms with Crippen molar-refractivity contribution >= 4 is 55.7 Å². The molecule has 0 unspecified atom stereocenters. The summed E-state index contributed by atoms with van der Waals surface area (Å²) in [5.74, 6) is -0.283. The zero-order chi connectivity index (χ0) is 12.4. The number of aromatic nitrogens is 1. The zero-order valence-electron chi connectivity index (χ0n) is 9.41. The Morgan fingerprint density at radius 1 is 1.61 bits per heavy atom. The number of esters is 1. The molecule has 6 heteroatoms. The summed E-state index contributed by atoms with van der Waals surface area (Å²) < 4.78 is 6.96. The number of ether oxygens (including phenoxy) is 1. The number of halogens is 1. The molecule has 0 saturated heterocycles. The van der Waals surface area contributed by atoms with Crippen molar-refractivity contribution in [3.05, 3.63) is 20.8 Å². The fourth-order valence-corrected chi connectivity index (χ4v) is 3.44. The van der Waals surface area contributed by atoms with Crippen molar-refractivity contribution in [2.45, 2.75) is 14.4 Å². The van der Waals surface area contributed by atoms with Crippen LogP contribution in [0.1, 0.15) is 24.0 Å². The minimum absolute atomic E-state index is 0. The Bertz CT molecular complexity index is 568. The highest BCUT2D eigenvalue weighted by atomic mass is 127. The summed E-state index contributed by atoms with van der Waals surface area (Å²) >= 11 is 3.58. The molecule has 0 aliphatic carbocycles. The van der Waals surface area contributed by atoms with Crippen LogP contribution < -0.4 is 5.32 Å². The second-order valence-electron chi connectivity index (χ2n) is 3.26. The number of thiophene rings is 1. The highest BCUT2D eigenvalue weighted by molar-refractivity contribution is 14.1. The average Bonchev–Trinajstić information content (AvgIpc) is 2.69. The van der Waals surface area contributed by atoms with Crippen molar-refractivity contribution < 1.29 is 9.53 Å². The number of anilines is 1. The third kappa shape index (κ3) is 2.59. The lowest BCUT2D eigenvalue weighted by Gasteiger charge is -2.02. The van der Waals surface area contributed by atoms with Crippen molar-refractivity contribution in [3.63, 3.8) is 0 Å². The standard InChI is InChI=1S/C11H11IN2O2S.CH4/c1-3-16-11(15)9-7(13-2)6-4-5-14-10(12)8(6)17-9;/h4-5,13H,3H2,1-2H3;1H4. The number of hydrogen-bond donors (Lipinski definition) is 1. The van der Waals surface area contributed by atoms with Gasteiger partial charge in [0.2, 0.25) is 0 Å². The van der Waals surface area contributed by atoms with Crippen LogP contribution in [-0.4, -0.2) is 24.6 Å². The normalized spacial score (nSPS) is 9.94. The van der Waals surface area contributed by atoms with Crippen LogP contribution in [0.4, 0.5) is 5.69 Å². The molecule has 0 aliphatic heterocycles. The molecule has 0 bridgehead atoms. The topological polar surface area (TPSA) is 51.2 Å². The molecule has 0 saturated carbocycles. The fourth-order valence-electron chi connectivity index (χ4n) is 1.58. The minimum atomic E-state index is -0.283. The van der Waals surface area contributed by atoms with Crippen molar-refractivity contribution in [3.8, 4) is 0 Å². The van der Waals surface area contributed by atoms with E-state index in [9.17, 15) is 4.79 Å². The summed E-state index contributed by atoms with van der Waals surface area (Å²) in [6.45, 7) is 2.18. The lowest BCUT2D eigenvalue weighted by molar-refractivity contribution is 0.0533. The molecule has 0 spiro atoms. The monoisotopic (exact) mass is 378 g/mol. The van der Waals surface area contributed by atoms with Crippen molar-refractivity contribution in [2.75, 3.05) is 19.0 Å². The van der Waals surface area contributed by atoms with Gasteiger partial charge in [-0.1, -0.05) is 7.43 Å². The van der Waals surface area contributed by atoms with Gasteiger partial charge in [-0.2, -0.15) is 0 Å². The molecule has 4 nitrogen and oxygen atoms in total. The smallest absolute Gasteiger partial charge is 0.350 e. The number of carbonyl (C=O) groups excluding carboxylic acids is 1. The molecule has 0 atom stereocenters. The van der Waals surface area contributed by atoms with Crippen molar-refractivity contribution in [1.29, 1.82) is 0 Å². The Morgan fingerprint density at radius 2 is 2.33 bits per heavy atom. The number of rotatable bonds is 3.